The van der Waals surface area contributed by atoms with Gasteiger partial charge in [0.15, 0.2) is 0 Å². The zero-order chi connectivity index (χ0) is 11.4. The second kappa shape index (κ2) is 4.85. The summed E-state index contributed by atoms with van der Waals surface area (Å²) in [5.74, 6) is 0. The molecule has 0 saturated carbocycles. The van der Waals surface area contributed by atoms with Crippen molar-refractivity contribution in [3.63, 3.8) is 0 Å². The van der Waals surface area contributed by atoms with Crippen molar-refractivity contribution in [2.24, 2.45) is 0 Å². The smallest absolute Gasteiger partial charge is 0.411 e. The van der Waals surface area contributed by atoms with Gasteiger partial charge in [-0.05, 0) is 18.2 Å². The van der Waals surface area contributed by atoms with Gasteiger partial charge in [-0.1, -0.05) is 6.07 Å². The minimum absolute atomic E-state index is 0.138. The topological polar surface area (TPSA) is 73.6 Å². The second-order valence-electron chi connectivity index (χ2n) is 3.64. The van der Waals surface area contributed by atoms with Crippen LogP contribution in [0.5, 0.6) is 0 Å². The molecule has 0 bridgehead atoms. The summed E-state index contributed by atoms with van der Waals surface area (Å²) in [6, 6.07) is 6.94. The van der Waals surface area contributed by atoms with E-state index in [0.29, 0.717) is 24.6 Å². The fourth-order valence-corrected chi connectivity index (χ4v) is 1.52. The van der Waals surface area contributed by atoms with Crippen LogP contribution >= 0.6 is 0 Å². The summed E-state index contributed by atoms with van der Waals surface area (Å²) in [6.45, 7) is 1.13. The van der Waals surface area contributed by atoms with Gasteiger partial charge in [0.1, 0.15) is 6.10 Å². The van der Waals surface area contributed by atoms with Crippen LogP contribution in [0.4, 0.5) is 16.2 Å². The second-order valence-corrected chi connectivity index (χ2v) is 3.64. The van der Waals surface area contributed by atoms with Crippen molar-refractivity contribution < 1.29 is 14.3 Å². The van der Waals surface area contributed by atoms with Crippen LogP contribution in [0, 0.1) is 0 Å². The number of benzene rings is 1. The Balaban J connectivity index is 1.86. The lowest BCUT2D eigenvalue weighted by molar-refractivity contribution is 0.0932. The third-order valence-corrected chi connectivity index (χ3v) is 2.29. The number of hydrogen-bond acceptors (Lipinski definition) is 4. The molecule has 0 spiro atoms. The standard InChI is InChI=1S/C11H14N2O3/c12-8-2-1-3-9(6-8)13-11(14)16-10-4-5-15-7-10/h1-3,6,10H,4-5,7,12H2,(H,13,14). The first-order valence-electron chi connectivity index (χ1n) is 5.15. The molecule has 0 radical (unpaired) electrons. The van der Waals surface area contributed by atoms with Gasteiger partial charge in [0.2, 0.25) is 0 Å². The van der Waals surface area contributed by atoms with E-state index in [1.54, 1.807) is 24.3 Å². The molecular formula is C11H14N2O3. The van der Waals surface area contributed by atoms with Crippen LogP contribution in [0.2, 0.25) is 0 Å². The Morgan fingerprint density at radius 2 is 2.44 bits per heavy atom. The van der Waals surface area contributed by atoms with E-state index in [-0.39, 0.29) is 6.10 Å². The largest absolute Gasteiger partial charge is 0.443 e. The summed E-state index contributed by atoms with van der Waals surface area (Å²) >= 11 is 0. The average Bonchev–Trinajstić information content (AvgIpc) is 2.70. The number of amides is 1. The Morgan fingerprint density at radius 1 is 1.56 bits per heavy atom. The van der Waals surface area contributed by atoms with Crippen LogP contribution in [-0.2, 0) is 9.47 Å². The first kappa shape index (κ1) is 10.8. The first-order valence-corrected chi connectivity index (χ1v) is 5.15. The van der Waals surface area contributed by atoms with Crippen molar-refractivity contribution in [2.75, 3.05) is 24.3 Å². The molecule has 1 amide bonds. The third kappa shape index (κ3) is 2.87. The molecule has 3 N–H and O–H groups in total. The number of nitrogen functional groups attached to an aromatic ring is 1. The highest BCUT2D eigenvalue weighted by molar-refractivity contribution is 5.85. The molecule has 86 valence electrons. The number of anilines is 2. The summed E-state index contributed by atoms with van der Waals surface area (Å²) in [5, 5.41) is 2.61. The van der Waals surface area contributed by atoms with Crippen LogP contribution in [0.25, 0.3) is 0 Å². The summed E-state index contributed by atoms with van der Waals surface area (Å²) in [5.41, 5.74) is 6.81. The van der Waals surface area contributed by atoms with E-state index < -0.39 is 6.09 Å². The Hall–Kier alpha value is -1.75. The van der Waals surface area contributed by atoms with Crippen molar-refractivity contribution in [1.29, 1.82) is 0 Å². The van der Waals surface area contributed by atoms with E-state index in [2.05, 4.69) is 5.32 Å². The molecule has 1 aromatic rings. The van der Waals surface area contributed by atoms with E-state index in [0.717, 1.165) is 6.42 Å². The van der Waals surface area contributed by atoms with Crippen LogP contribution in [0.15, 0.2) is 24.3 Å². The van der Waals surface area contributed by atoms with E-state index in [1.165, 1.54) is 0 Å². The minimum atomic E-state index is -0.471. The Bertz CT molecular complexity index is 375. The van der Waals surface area contributed by atoms with Crippen LogP contribution in [-0.4, -0.2) is 25.4 Å². The van der Waals surface area contributed by atoms with Crippen LogP contribution in [0.3, 0.4) is 0 Å². The van der Waals surface area contributed by atoms with Crippen molar-refractivity contribution in [3.05, 3.63) is 24.3 Å². The van der Waals surface area contributed by atoms with Gasteiger partial charge in [-0.3, -0.25) is 5.32 Å². The molecule has 5 heteroatoms. The van der Waals surface area contributed by atoms with Gasteiger partial charge in [-0.25, -0.2) is 4.79 Å². The van der Waals surface area contributed by atoms with Gasteiger partial charge in [0, 0.05) is 17.8 Å². The van der Waals surface area contributed by atoms with E-state index in [1.807, 2.05) is 0 Å². The molecule has 1 heterocycles. The van der Waals surface area contributed by atoms with Crippen LogP contribution < -0.4 is 11.1 Å². The summed E-state index contributed by atoms with van der Waals surface area (Å²) < 4.78 is 10.2. The molecule has 16 heavy (non-hydrogen) atoms. The molecule has 2 rings (SSSR count). The zero-order valence-electron chi connectivity index (χ0n) is 8.81. The maximum absolute atomic E-state index is 11.5. The predicted octanol–water partition coefficient (Wildman–Crippen LogP) is 1.61. The van der Waals surface area contributed by atoms with Crippen LogP contribution in [0.1, 0.15) is 6.42 Å². The Kier molecular flexibility index (Phi) is 3.26. The molecule has 0 aliphatic carbocycles. The summed E-state index contributed by atoms with van der Waals surface area (Å²) in [6.07, 6.45) is 0.145. The lowest BCUT2D eigenvalue weighted by Crippen LogP contribution is -2.22. The van der Waals surface area contributed by atoms with Crippen molar-refractivity contribution in [1.82, 2.24) is 0 Å². The van der Waals surface area contributed by atoms with Gasteiger partial charge in [0.05, 0.1) is 13.2 Å². The van der Waals surface area contributed by atoms with Gasteiger partial charge < -0.3 is 15.2 Å². The number of carbonyl (C=O) groups excluding carboxylic acids is 1. The molecule has 1 saturated heterocycles. The molecular weight excluding hydrogens is 208 g/mol. The molecule has 1 aliphatic heterocycles. The maximum Gasteiger partial charge on any atom is 0.411 e. The molecule has 0 aromatic heterocycles. The average molecular weight is 222 g/mol. The molecule has 1 aliphatic rings. The van der Waals surface area contributed by atoms with Crippen molar-refractivity contribution in [2.45, 2.75) is 12.5 Å². The number of carbonyl (C=O) groups is 1. The predicted molar refractivity (Wildman–Crippen MR) is 60.2 cm³/mol. The van der Waals surface area contributed by atoms with E-state index in [4.69, 9.17) is 15.2 Å². The van der Waals surface area contributed by atoms with Crippen molar-refractivity contribution >= 4 is 17.5 Å². The first-order chi connectivity index (χ1) is 7.74. The lowest BCUT2D eigenvalue weighted by atomic mass is 10.3. The SMILES string of the molecule is Nc1cccc(NC(=O)OC2CCOC2)c1. The van der Waals surface area contributed by atoms with Crippen molar-refractivity contribution in [3.8, 4) is 0 Å². The highest BCUT2D eigenvalue weighted by Crippen LogP contribution is 2.13. The lowest BCUT2D eigenvalue weighted by Gasteiger charge is -2.11. The Labute approximate surface area is 93.5 Å². The fraction of sp³-hybridized carbons (Fsp3) is 0.364. The Morgan fingerprint density at radius 3 is 3.12 bits per heavy atom. The highest BCUT2D eigenvalue weighted by atomic mass is 16.6. The molecule has 5 nitrogen and oxygen atoms in total. The number of rotatable bonds is 2. The van der Waals surface area contributed by atoms with Gasteiger partial charge in [-0.15, -0.1) is 0 Å². The number of hydrogen-bond donors (Lipinski definition) is 2. The molecule has 1 unspecified atom stereocenters. The third-order valence-electron chi connectivity index (χ3n) is 2.29. The minimum Gasteiger partial charge on any atom is -0.443 e. The van der Waals surface area contributed by atoms with E-state index in [9.17, 15) is 4.79 Å². The quantitative estimate of drug-likeness (QED) is 0.745. The summed E-state index contributed by atoms with van der Waals surface area (Å²) in [7, 11) is 0. The highest BCUT2D eigenvalue weighted by Gasteiger charge is 2.19. The van der Waals surface area contributed by atoms with Gasteiger partial charge in [-0.2, -0.15) is 0 Å². The molecule has 1 aromatic carbocycles. The summed E-state index contributed by atoms with van der Waals surface area (Å²) in [4.78, 5) is 11.5. The number of nitrogens with two attached hydrogens (primary N) is 1. The monoisotopic (exact) mass is 222 g/mol. The number of ether oxygens (including phenoxy) is 2. The fourth-order valence-electron chi connectivity index (χ4n) is 1.52. The van der Waals surface area contributed by atoms with Gasteiger partial charge in [0.25, 0.3) is 0 Å². The number of nitrogens with one attached hydrogen (secondary N) is 1. The molecule has 1 atom stereocenters. The van der Waals surface area contributed by atoms with E-state index >= 15 is 0 Å². The normalized spacial score (nSPS) is 19.4. The maximum atomic E-state index is 11.5. The van der Waals surface area contributed by atoms with Gasteiger partial charge >= 0.3 is 6.09 Å². The molecule has 1 fully saturated rings. The zero-order valence-corrected chi connectivity index (χ0v) is 8.81.